The van der Waals surface area contributed by atoms with E-state index < -0.39 is 0 Å². The fourth-order valence-electron chi connectivity index (χ4n) is 4.28. The average Bonchev–Trinajstić information content (AvgIpc) is 3.10. The molecule has 170 valence electrons. The van der Waals surface area contributed by atoms with Gasteiger partial charge in [0, 0.05) is 43.0 Å². The molecule has 0 saturated carbocycles. The lowest BCUT2D eigenvalue weighted by Gasteiger charge is -2.46. The van der Waals surface area contributed by atoms with E-state index in [0.717, 1.165) is 58.4 Å². The van der Waals surface area contributed by atoms with Crippen LogP contribution in [0.4, 0.5) is 17.5 Å². The highest BCUT2D eigenvalue weighted by Crippen LogP contribution is 2.36. The molecular weight excluding hydrogens is 416 g/mol. The number of fused-ring (bicyclic) bond motifs is 1. The molecule has 1 fully saturated rings. The molecule has 5 rings (SSSR count). The number of aromatic nitrogens is 6. The predicted octanol–water partition coefficient (Wildman–Crippen LogP) is 4.04. The Morgan fingerprint density at radius 1 is 1.06 bits per heavy atom. The van der Waals surface area contributed by atoms with Crippen molar-refractivity contribution in [2.24, 2.45) is 12.5 Å². The lowest BCUT2D eigenvalue weighted by molar-refractivity contribution is 0.275. The molecule has 0 spiro atoms. The van der Waals surface area contributed by atoms with E-state index in [0.29, 0.717) is 17.1 Å². The lowest BCUT2D eigenvalue weighted by Crippen LogP contribution is -2.53. The first-order chi connectivity index (χ1) is 15.7. The Morgan fingerprint density at radius 2 is 1.85 bits per heavy atom. The standard InChI is InChI=1S/C24H28N8O/c1-14-9-17-11-25-23(28-20(17)22(26-14)32-12-24(3,4)13-32)27-18-8-7-16(10-19(18)33-6)21-30-29-15(2)31(21)5/h7-11H,12-13H2,1-6H3,(H,25,27,28). The van der Waals surface area contributed by atoms with Crippen molar-refractivity contribution < 1.29 is 4.74 Å². The van der Waals surface area contributed by atoms with Gasteiger partial charge in [0.15, 0.2) is 11.6 Å². The van der Waals surface area contributed by atoms with Crippen LogP contribution in [0.1, 0.15) is 25.4 Å². The highest BCUT2D eigenvalue weighted by Gasteiger charge is 2.36. The minimum atomic E-state index is 0.294. The van der Waals surface area contributed by atoms with Crippen molar-refractivity contribution in [2.75, 3.05) is 30.4 Å². The topological polar surface area (TPSA) is 93.9 Å². The van der Waals surface area contributed by atoms with Gasteiger partial charge in [-0.05, 0) is 43.5 Å². The summed E-state index contributed by atoms with van der Waals surface area (Å²) in [6.07, 6.45) is 1.84. The molecule has 3 aromatic heterocycles. The number of rotatable bonds is 5. The molecule has 9 heteroatoms. The van der Waals surface area contributed by atoms with E-state index in [1.807, 2.05) is 55.9 Å². The lowest BCUT2D eigenvalue weighted by atomic mass is 9.84. The van der Waals surface area contributed by atoms with Crippen LogP contribution in [0.25, 0.3) is 22.3 Å². The number of pyridine rings is 1. The third-order valence-corrected chi connectivity index (χ3v) is 6.01. The molecule has 1 saturated heterocycles. The molecule has 33 heavy (non-hydrogen) atoms. The van der Waals surface area contributed by atoms with Gasteiger partial charge < -0.3 is 19.5 Å². The van der Waals surface area contributed by atoms with Gasteiger partial charge in [-0.2, -0.15) is 0 Å². The van der Waals surface area contributed by atoms with Crippen molar-refractivity contribution in [3.05, 3.63) is 42.0 Å². The van der Waals surface area contributed by atoms with Crippen LogP contribution in [-0.4, -0.2) is 49.9 Å². The molecular formula is C24H28N8O. The summed E-state index contributed by atoms with van der Waals surface area (Å²) in [7, 11) is 3.59. The molecule has 0 atom stereocenters. The maximum atomic E-state index is 5.64. The van der Waals surface area contributed by atoms with Crippen LogP contribution < -0.4 is 15.0 Å². The maximum absolute atomic E-state index is 5.64. The second-order valence-electron chi connectivity index (χ2n) is 9.41. The largest absolute Gasteiger partial charge is 0.495 e. The number of aryl methyl sites for hydroxylation is 2. The number of benzene rings is 1. The predicted molar refractivity (Wildman–Crippen MR) is 129 cm³/mol. The average molecular weight is 445 g/mol. The summed E-state index contributed by atoms with van der Waals surface area (Å²) in [5.74, 6) is 3.71. The molecule has 0 unspecified atom stereocenters. The van der Waals surface area contributed by atoms with E-state index in [9.17, 15) is 0 Å². The summed E-state index contributed by atoms with van der Waals surface area (Å²) in [6, 6.07) is 7.88. The molecule has 0 bridgehead atoms. The minimum Gasteiger partial charge on any atom is -0.495 e. The number of nitrogens with zero attached hydrogens (tertiary/aromatic N) is 7. The summed E-state index contributed by atoms with van der Waals surface area (Å²) >= 11 is 0. The zero-order chi connectivity index (χ0) is 23.3. The second-order valence-corrected chi connectivity index (χ2v) is 9.41. The SMILES string of the molecule is COc1cc(-c2nnc(C)n2C)ccc1Nc1ncc2cc(C)nc(N3CC(C)(C)C3)c2n1. The zero-order valence-corrected chi connectivity index (χ0v) is 19.8. The smallest absolute Gasteiger partial charge is 0.227 e. The van der Waals surface area contributed by atoms with Crippen LogP contribution in [-0.2, 0) is 7.05 Å². The van der Waals surface area contributed by atoms with Gasteiger partial charge in [0.05, 0.1) is 12.8 Å². The summed E-state index contributed by atoms with van der Waals surface area (Å²) in [4.78, 5) is 16.4. The van der Waals surface area contributed by atoms with Gasteiger partial charge in [-0.1, -0.05) is 13.8 Å². The quantitative estimate of drug-likeness (QED) is 0.493. The molecule has 4 aromatic rings. The Hall–Kier alpha value is -3.75. The third-order valence-electron chi connectivity index (χ3n) is 6.01. The van der Waals surface area contributed by atoms with Crippen LogP contribution in [0.15, 0.2) is 30.5 Å². The molecule has 1 N–H and O–H groups in total. The number of hydrogen-bond acceptors (Lipinski definition) is 8. The number of anilines is 3. The van der Waals surface area contributed by atoms with Crippen molar-refractivity contribution in [3.8, 4) is 17.1 Å². The highest BCUT2D eigenvalue weighted by molar-refractivity contribution is 5.90. The number of hydrogen-bond donors (Lipinski definition) is 1. The van der Waals surface area contributed by atoms with Crippen LogP contribution in [0.2, 0.25) is 0 Å². The fourth-order valence-corrected chi connectivity index (χ4v) is 4.28. The molecule has 0 amide bonds. The van der Waals surface area contributed by atoms with Crippen molar-refractivity contribution >= 4 is 28.4 Å². The zero-order valence-electron chi connectivity index (χ0n) is 19.8. The normalized spacial score (nSPS) is 14.9. The Balaban J connectivity index is 1.49. The van der Waals surface area contributed by atoms with E-state index in [1.165, 1.54) is 0 Å². The van der Waals surface area contributed by atoms with Gasteiger partial charge in [0.1, 0.15) is 17.1 Å². The molecule has 1 aromatic carbocycles. The van der Waals surface area contributed by atoms with Gasteiger partial charge in [-0.15, -0.1) is 10.2 Å². The van der Waals surface area contributed by atoms with Crippen molar-refractivity contribution in [3.63, 3.8) is 0 Å². The van der Waals surface area contributed by atoms with Crippen LogP contribution in [0.5, 0.6) is 5.75 Å². The Morgan fingerprint density at radius 3 is 2.52 bits per heavy atom. The molecule has 4 heterocycles. The summed E-state index contributed by atoms with van der Waals surface area (Å²) in [6.45, 7) is 10.4. The fraction of sp³-hybridized carbons (Fsp3) is 0.375. The van der Waals surface area contributed by atoms with Gasteiger partial charge in [0.2, 0.25) is 5.95 Å². The van der Waals surface area contributed by atoms with E-state index in [2.05, 4.69) is 39.2 Å². The van der Waals surface area contributed by atoms with Crippen LogP contribution in [0, 0.1) is 19.3 Å². The summed E-state index contributed by atoms with van der Waals surface area (Å²) in [5.41, 5.74) is 3.79. The third kappa shape index (κ3) is 3.83. The summed E-state index contributed by atoms with van der Waals surface area (Å²) in [5, 5.41) is 12.7. The van der Waals surface area contributed by atoms with E-state index in [1.54, 1.807) is 7.11 Å². The number of ether oxygens (including phenoxy) is 1. The van der Waals surface area contributed by atoms with Gasteiger partial charge in [-0.25, -0.2) is 15.0 Å². The first kappa shape index (κ1) is 21.1. The van der Waals surface area contributed by atoms with Gasteiger partial charge in [-0.3, -0.25) is 0 Å². The van der Waals surface area contributed by atoms with E-state index >= 15 is 0 Å². The number of methoxy groups -OCH3 is 1. The molecule has 9 nitrogen and oxygen atoms in total. The Bertz CT molecular complexity index is 1350. The molecule has 0 radical (unpaired) electrons. The van der Waals surface area contributed by atoms with E-state index in [4.69, 9.17) is 14.7 Å². The Labute approximate surface area is 192 Å². The minimum absolute atomic E-state index is 0.294. The van der Waals surface area contributed by atoms with Crippen LogP contribution >= 0.6 is 0 Å². The molecule has 1 aliphatic heterocycles. The summed E-state index contributed by atoms with van der Waals surface area (Å²) < 4.78 is 7.59. The van der Waals surface area contributed by atoms with Crippen molar-refractivity contribution in [1.82, 2.24) is 29.7 Å². The van der Waals surface area contributed by atoms with Crippen molar-refractivity contribution in [2.45, 2.75) is 27.7 Å². The first-order valence-corrected chi connectivity index (χ1v) is 10.9. The Kier molecular flexibility index (Phi) is 4.92. The van der Waals surface area contributed by atoms with Crippen LogP contribution in [0.3, 0.4) is 0 Å². The second kappa shape index (κ2) is 7.68. The number of nitrogens with one attached hydrogen (secondary N) is 1. The van der Waals surface area contributed by atoms with Crippen molar-refractivity contribution in [1.29, 1.82) is 0 Å². The van der Waals surface area contributed by atoms with E-state index in [-0.39, 0.29) is 0 Å². The molecule has 1 aliphatic rings. The first-order valence-electron chi connectivity index (χ1n) is 10.9. The molecule has 0 aliphatic carbocycles. The maximum Gasteiger partial charge on any atom is 0.227 e. The highest BCUT2D eigenvalue weighted by atomic mass is 16.5. The monoisotopic (exact) mass is 444 g/mol. The van der Waals surface area contributed by atoms with Gasteiger partial charge in [0.25, 0.3) is 0 Å². The van der Waals surface area contributed by atoms with Gasteiger partial charge >= 0.3 is 0 Å².